The van der Waals surface area contributed by atoms with Crippen molar-refractivity contribution in [3.8, 4) is 0 Å². The summed E-state index contributed by atoms with van der Waals surface area (Å²) in [6, 6.07) is 9.77. The fourth-order valence-electron chi connectivity index (χ4n) is 4.00. The Morgan fingerprint density at radius 3 is 2.46 bits per heavy atom. The van der Waals surface area contributed by atoms with E-state index in [1.165, 1.54) is 12.7 Å². The molecular weight excluding hydrogens is 332 g/mol. The molecule has 1 aromatic carbocycles. The number of amides is 1. The zero-order valence-corrected chi connectivity index (χ0v) is 16.0. The molecule has 6 nitrogen and oxygen atoms in total. The first-order valence-electron chi connectivity index (χ1n) is 9.17. The number of likely N-dealkylation sites (tertiary alicyclic amines) is 1. The standard InChI is InChI=1S/C20H28N2O4/c1-20(2,3)26-19(24)22-13-15-10-11-16(17(22)18(23)25-4)21(15)12-14-8-6-5-7-9-14/h5-9,15-17H,10-13H2,1-4H3/t15-,16+,17+/m0/s1. The molecule has 3 atom stereocenters. The van der Waals surface area contributed by atoms with Gasteiger partial charge in [-0.25, -0.2) is 9.59 Å². The van der Waals surface area contributed by atoms with E-state index in [1.807, 2.05) is 39.0 Å². The highest BCUT2D eigenvalue weighted by Gasteiger charge is 2.52. The van der Waals surface area contributed by atoms with Gasteiger partial charge in [0.15, 0.2) is 0 Å². The molecule has 2 aliphatic heterocycles. The summed E-state index contributed by atoms with van der Waals surface area (Å²) < 4.78 is 10.6. The molecule has 142 valence electrons. The van der Waals surface area contributed by atoms with E-state index in [2.05, 4.69) is 17.0 Å². The Kier molecular flexibility index (Phi) is 5.23. The maximum atomic E-state index is 12.7. The van der Waals surface area contributed by atoms with Gasteiger partial charge in [-0.15, -0.1) is 0 Å². The highest BCUT2D eigenvalue weighted by Crippen LogP contribution is 2.36. The monoisotopic (exact) mass is 360 g/mol. The molecular formula is C20H28N2O4. The van der Waals surface area contributed by atoms with Crippen LogP contribution in [0, 0.1) is 0 Å². The molecule has 0 spiro atoms. The van der Waals surface area contributed by atoms with Gasteiger partial charge < -0.3 is 9.47 Å². The lowest BCUT2D eigenvalue weighted by molar-refractivity contribution is -0.152. The lowest BCUT2D eigenvalue weighted by atomic mass is 10.0. The minimum Gasteiger partial charge on any atom is -0.467 e. The van der Waals surface area contributed by atoms with Gasteiger partial charge in [0.25, 0.3) is 0 Å². The van der Waals surface area contributed by atoms with Crippen molar-refractivity contribution in [1.29, 1.82) is 0 Å². The van der Waals surface area contributed by atoms with Crippen LogP contribution in [-0.2, 0) is 20.8 Å². The summed E-state index contributed by atoms with van der Waals surface area (Å²) in [5.74, 6) is -0.376. The number of rotatable bonds is 3. The van der Waals surface area contributed by atoms with E-state index in [4.69, 9.17) is 9.47 Å². The van der Waals surface area contributed by atoms with Crippen molar-refractivity contribution in [2.24, 2.45) is 0 Å². The summed E-state index contributed by atoms with van der Waals surface area (Å²) in [7, 11) is 1.37. The third-order valence-corrected chi connectivity index (χ3v) is 5.08. The van der Waals surface area contributed by atoms with Gasteiger partial charge in [0, 0.05) is 25.2 Å². The van der Waals surface area contributed by atoms with Gasteiger partial charge in [0.05, 0.1) is 7.11 Å². The molecule has 0 N–H and O–H groups in total. The molecule has 2 saturated heterocycles. The normalized spacial score (nSPS) is 25.8. The van der Waals surface area contributed by atoms with Crippen LogP contribution in [0.3, 0.4) is 0 Å². The first-order chi connectivity index (χ1) is 12.3. The Labute approximate surface area is 155 Å². The minimum absolute atomic E-state index is 0.0473. The Morgan fingerprint density at radius 2 is 1.85 bits per heavy atom. The third kappa shape index (κ3) is 3.85. The quantitative estimate of drug-likeness (QED) is 0.776. The number of ether oxygens (including phenoxy) is 2. The number of fused-ring (bicyclic) bond motifs is 2. The maximum Gasteiger partial charge on any atom is 0.411 e. The van der Waals surface area contributed by atoms with Crippen molar-refractivity contribution in [2.45, 2.75) is 63.9 Å². The number of hydrogen-bond acceptors (Lipinski definition) is 5. The zero-order chi connectivity index (χ0) is 18.9. The lowest BCUT2D eigenvalue weighted by Crippen LogP contribution is -2.64. The number of hydrogen-bond donors (Lipinski definition) is 0. The van der Waals surface area contributed by atoms with Crippen LogP contribution in [0.4, 0.5) is 4.79 Å². The average molecular weight is 360 g/mol. The molecule has 2 fully saturated rings. The number of methoxy groups -OCH3 is 1. The molecule has 26 heavy (non-hydrogen) atoms. The van der Waals surface area contributed by atoms with Crippen LogP contribution in [0.1, 0.15) is 39.2 Å². The summed E-state index contributed by atoms with van der Waals surface area (Å²) in [5.41, 5.74) is 0.608. The van der Waals surface area contributed by atoms with Gasteiger partial charge in [-0.1, -0.05) is 30.3 Å². The Hall–Kier alpha value is -2.08. The third-order valence-electron chi connectivity index (χ3n) is 5.08. The number of piperazine rings is 1. The van der Waals surface area contributed by atoms with Crippen molar-refractivity contribution in [2.75, 3.05) is 13.7 Å². The maximum absolute atomic E-state index is 12.7. The van der Waals surface area contributed by atoms with E-state index >= 15 is 0 Å². The molecule has 2 bridgehead atoms. The van der Waals surface area contributed by atoms with Crippen molar-refractivity contribution in [1.82, 2.24) is 9.80 Å². The Balaban J connectivity index is 1.83. The van der Waals surface area contributed by atoms with E-state index in [0.29, 0.717) is 6.54 Å². The summed E-state index contributed by atoms with van der Waals surface area (Å²) in [6.07, 6.45) is 1.39. The van der Waals surface area contributed by atoms with Crippen LogP contribution >= 0.6 is 0 Å². The van der Waals surface area contributed by atoms with Crippen molar-refractivity contribution in [3.63, 3.8) is 0 Å². The molecule has 1 amide bonds. The molecule has 0 unspecified atom stereocenters. The molecule has 1 aromatic rings. The van der Waals surface area contributed by atoms with Crippen LogP contribution in [0.25, 0.3) is 0 Å². The van der Waals surface area contributed by atoms with Crippen LogP contribution in [-0.4, -0.2) is 59.2 Å². The Morgan fingerprint density at radius 1 is 1.15 bits per heavy atom. The number of carbonyl (C=O) groups is 2. The summed E-state index contributed by atoms with van der Waals surface area (Å²) in [6.45, 7) is 6.75. The lowest BCUT2D eigenvalue weighted by Gasteiger charge is -2.45. The van der Waals surface area contributed by atoms with Gasteiger partial charge >= 0.3 is 12.1 Å². The summed E-state index contributed by atoms with van der Waals surface area (Å²) in [5, 5.41) is 0. The molecule has 2 aliphatic rings. The second kappa shape index (κ2) is 7.27. The predicted molar refractivity (Wildman–Crippen MR) is 97.5 cm³/mol. The van der Waals surface area contributed by atoms with E-state index < -0.39 is 17.7 Å². The van der Waals surface area contributed by atoms with Gasteiger partial charge in [-0.2, -0.15) is 0 Å². The van der Waals surface area contributed by atoms with Crippen LogP contribution < -0.4 is 0 Å². The largest absolute Gasteiger partial charge is 0.467 e. The highest BCUT2D eigenvalue weighted by atomic mass is 16.6. The van der Waals surface area contributed by atoms with E-state index in [9.17, 15) is 9.59 Å². The van der Waals surface area contributed by atoms with Gasteiger partial charge in [0.2, 0.25) is 0 Å². The smallest absolute Gasteiger partial charge is 0.411 e. The second-order valence-corrected chi connectivity index (χ2v) is 8.06. The molecule has 6 heteroatoms. The van der Waals surface area contributed by atoms with Crippen molar-refractivity contribution < 1.29 is 19.1 Å². The van der Waals surface area contributed by atoms with Crippen LogP contribution in [0.5, 0.6) is 0 Å². The van der Waals surface area contributed by atoms with Crippen LogP contribution in [0.15, 0.2) is 30.3 Å². The number of esters is 1. The first kappa shape index (κ1) is 18.7. The molecule has 0 aromatic heterocycles. The van der Waals surface area contributed by atoms with Gasteiger partial charge in [-0.05, 0) is 39.2 Å². The van der Waals surface area contributed by atoms with Gasteiger partial charge in [0.1, 0.15) is 11.6 Å². The Bertz CT molecular complexity index is 656. The number of benzene rings is 1. The second-order valence-electron chi connectivity index (χ2n) is 8.06. The van der Waals surface area contributed by atoms with Gasteiger partial charge in [-0.3, -0.25) is 9.80 Å². The zero-order valence-electron chi connectivity index (χ0n) is 16.0. The molecule has 0 saturated carbocycles. The number of nitrogens with zero attached hydrogens (tertiary/aromatic N) is 2. The average Bonchev–Trinajstić information content (AvgIpc) is 2.85. The molecule has 2 heterocycles. The number of carbonyl (C=O) groups excluding carboxylic acids is 2. The molecule has 3 rings (SSSR count). The topological polar surface area (TPSA) is 59.1 Å². The van der Waals surface area contributed by atoms with Crippen LogP contribution in [0.2, 0.25) is 0 Å². The SMILES string of the molecule is COC(=O)[C@H]1[C@H]2CC[C@@H](CN1C(=O)OC(C)(C)C)N2Cc1ccccc1. The fourth-order valence-corrected chi connectivity index (χ4v) is 4.00. The van der Waals surface area contributed by atoms with Crippen molar-refractivity contribution >= 4 is 12.1 Å². The van der Waals surface area contributed by atoms with Crippen molar-refractivity contribution in [3.05, 3.63) is 35.9 Å². The van der Waals surface area contributed by atoms with E-state index in [-0.39, 0.29) is 18.1 Å². The van der Waals surface area contributed by atoms with E-state index in [1.54, 1.807) is 4.90 Å². The predicted octanol–water partition coefficient (Wildman–Crippen LogP) is 2.81. The van der Waals surface area contributed by atoms with E-state index in [0.717, 1.165) is 19.4 Å². The molecule has 0 radical (unpaired) electrons. The first-order valence-corrected chi connectivity index (χ1v) is 9.17. The minimum atomic E-state index is -0.627. The highest BCUT2D eigenvalue weighted by molar-refractivity contribution is 5.83. The summed E-state index contributed by atoms with van der Waals surface area (Å²) in [4.78, 5) is 29.2. The summed E-state index contributed by atoms with van der Waals surface area (Å²) >= 11 is 0. The molecule has 0 aliphatic carbocycles. The fraction of sp³-hybridized carbons (Fsp3) is 0.600.